The van der Waals surface area contributed by atoms with Crippen molar-refractivity contribution in [1.29, 1.82) is 0 Å². The standard InChI is InChI=1S/C13H24N2O2/c16-13(17)9-14-11-7-8-15(10-11)12-5-3-1-2-4-6-12/h11-12,14H,1-10H2,(H,16,17). The summed E-state index contributed by atoms with van der Waals surface area (Å²) in [5.41, 5.74) is 0. The quantitative estimate of drug-likeness (QED) is 0.730. The van der Waals surface area contributed by atoms with Gasteiger partial charge in [-0.05, 0) is 19.3 Å². The Morgan fingerprint density at radius 3 is 2.53 bits per heavy atom. The van der Waals surface area contributed by atoms with Crippen LogP contribution in [0.25, 0.3) is 0 Å². The van der Waals surface area contributed by atoms with E-state index in [1.165, 1.54) is 38.5 Å². The normalized spacial score (nSPS) is 28.1. The second-order valence-electron chi connectivity index (χ2n) is 5.40. The lowest BCUT2D eigenvalue weighted by molar-refractivity contribution is -0.136. The highest BCUT2D eigenvalue weighted by molar-refractivity contribution is 5.69. The molecule has 0 radical (unpaired) electrons. The predicted octanol–water partition coefficient (Wildman–Crippen LogP) is 1.46. The van der Waals surface area contributed by atoms with Crippen LogP contribution in [0, 0.1) is 0 Å². The zero-order chi connectivity index (χ0) is 12.1. The summed E-state index contributed by atoms with van der Waals surface area (Å²) in [6.07, 6.45) is 9.31. The lowest BCUT2D eigenvalue weighted by atomic mass is 10.1. The maximum Gasteiger partial charge on any atom is 0.317 e. The summed E-state index contributed by atoms with van der Waals surface area (Å²) in [5.74, 6) is -0.752. The van der Waals surface area contributed by atoms with Crippen molar-refractivity contribution < 1.29 is 9.90 Å². The predicted molar refractivity (Wildman–Crippen MR) is 67.1 cm³/mol. The number of carboxylic acids is 1. The molecule has 1 atom stereocenters. The molecule has 1 aliphatic heterocycles. The van der Waals surface area contributed by atoms with Gasteiger partial charge in [0.05, 0.1) is 6.54 Å². The van der Waals surface area contributed by atoms with E-state index in [4.69, 9.17) is 5.11 Å². The maximum atomic E-state index is 10.5. The molecule has 98 valence electrons. The van der Waals surface area contributed by atoms with E-state index in [0.717, 1.165) is 25.6 Å². The smallest absolute Gasteiger partial charge is 0.317 e. The van der Waals surface area contributed by atoms with Gasteiger partial charge in [0.25, 0.3) is 0 Å². The molecule has 2 fully saturated rings. The van der Waals surface area contributed by atoms with Crippen molar-refractivity contribution in [3.05, 3.63) is 0 Å². The molecule has 0 spiro atoms. The first-order valence-corrected chi connectivity index (χ1v) is 6.95. The van der Waals surface area contributed by atoms with Gasteiger partial charge >= 0.3 is 5.97 Å². The molecule has 0 aromatic rings. The SMILES string of the molecule is O=C(O)CNC1CCN(C2CCCCCC2)C1. The minimum absolute atomic E-state index is 0.100. The van der Waals surface area contributed by atoms with Crippen LogP contribution in [0.1, 0.15) is 44.9 Å². The van der Waals surface area contributed by atoms with E-state index >= 15 is 0 Å². The average molecular weight is 240 g/mol. The van der Waals surface area contributed by atoms with Crippen LogP contribution in [0.5, 0.6) is 0 Å². The molecule has 0 bridgehead atoms. The molecule has 0 aromatic heterocycles. The van der Waals surface area contributed by atoms with E-state index in [9.17, 15) is 4.79 Å². The Morgan fingerprint density at radius 1 is 1.18 bits per heavy atom. The van der Waals surface area contributed by atoms with Gasteiger partial charge in [0.2, 0.25) is 0 Å². The first kappa shape index (κ1) is 12.8. The van der Waals surface area contributed by atoms with E-state index < -0.39 is 5.97 Å². The highest BCUT2D eigenvalue weighted by atomic mass is 16.4. The molecule has 1 saturated heterocycles. The molecule has 17 heavy (non-hydrogen) atoms. The van der Waals surface area contributed by atoms with Crippen LogP contribution in [0.3, 0.4) is 0 Å². The molecule has 1 aliphatic carbocycles. The van der Waals surface area contributed by atoms with Crippen molar-refractivity contribution in [1.82, 2.24) is 10.2 Å². The van der Waals surface area contributed by atoms with E-state index in [-0.39, 0.29) is 6.54 Å². The third-order valence-corrected chi connectivity index (χ3v) is 4.10. The summed E-state index contributed by atoms with van der Waals surface area (Å²) < 4.78 is 0. The van der Waals surface area contributed by atoms with Crippen LogP contribution in [0.15, 0.2) is 0 Å². The largest absolute Gasteiger partial charge is 0.480 e. The Balaban J connectivity index is 1.74. The Hall–Kier alpha value is -0.610. The summed E-state index contributed by atoms with van der Waals surface area (Å²) >= 11 is 0. The Kier molecular flexibility index (Phi) is 4.80. The van der Waals surface area contributed by atoms with Crippen molar-refractivity contribution in [2.75, 3.05) is 19.6 Å². The summed E-state index contributed by atoms with van der Waals surface area (Å²) in [5, 5.41) is 11.8. The van der Waals surface area contributed by atoms with Crippen LogP contribution < -0.4 is 5.32 Å². The maximum absolute atomic E-state index is 10.5. The number of carbonyl (C=O) groups is 1. The molecule has 4 heteroatoms. The zero-order valence-corrected chi connectivity index (χ0v) is 10.5. The van der Waals surface area contributed by atoms with Crippen LogP contribution in [0.2, 0.25) is 0 Å². The van der Waals surface area contributed by atoms with E-state index in [1.54, 1.807) is 0 Å². The van der Waals surface area contributed by atoms with Crippen molar-refractivity contribution >= 4 is 5.97 Å². The van der Waals surface area contributed by atoms with Gasteiger partial charge in [0, 0.05) is 25.2 Å². The molecule has 4 nitrogen and oxygen atoms in total. The van der Waals surface area contributed by atoms with Crippen molar-refractivity contribution in [3.63, 3.8) is 0 Å². The Labute approximate surface area is 103 Å². The fourth-order valence-electron chi connectivity index (χ4n) is 3.14. The second kappa shape index (κ2) is 6.36. The van der Waals surface area contributed by atoms with Crippen molar-refractivity contribution in [3.8, 4) is 0 Å². The average Bonchev–Trinajstić information content (AvgIpc) is 2.60. The molecule has 2 aliphatic rings. The molecule has 1 heterocycles. The minimum Gasteiger partial charge on any atom is -0.480 e. The number of hydrogen-bond acceptors (Lipinski definition) is 3. The molecule has 0 amide bonds. The Morgan fingerprint density at radius 2 is 1.88 bits per heavy atom. The summed E-state index contributed by atoms with van der Waals surface area (Å²) in [6.45, 7) is 2.28. The van der Waals surface area contributed by atoms with Crippen molar-refractivity contribution in [2.45, 2.75) is 57.0 Å². The molecule has 1 saturated carbocycles. The monoisotopic (exact) mass is 240 g/mol. The molecular formula is C13H24N2O2. The fourth-order valence-corrected chi connectivity index (χ4v) is 3.14. The van der Waals surface area contributed by atoms with E-state index in [1.807, 2.05) is 0 Å². The van der Waals surface area contributed by atoms with Crippen molar-refractivity contribution in [2.24, 2.45) is 0 Å². The summed E-state index contributed by atoms with van der Waals surface area (Å²) in [4.78, 5) is 13.1. The third kappa shape index (κ3) is 3.96. The van der Waals surface area contributed by atoms with Gasteiger partial charge in [-0.2, -0.15) is 0 Å². The highest BCUT2D eigenvalue weighted by Crippen LogP contribution is 2.24. The van der Waals surface area contributed by atoms with Crippen LogP contribution in [-0.4, -0.2) is 47.7 Å². The third-order valence-electron chi connectivity index (χ3n) is 4.10. The number of likely N-dealkylation sites (tertiary alicyclic amines) is 1. The van der Waals surface area contributed by atoms with E-state index in [2.05, 4.69) is 10.2 Å². The molecule has 1 unspecified atom stereocenters. The molecule has 2 rings (SSSR count). The van der Waals surface area contributed by atoms with Gasteiger partial charge < -0.3 is 10.4 Å². The van der Waals surface area contributed by atoms with Gasteiger partial charge in [-0.3, -0.25) is 9.69 Å². The summed E-state index contributed by atoms with van der Waals surface area (Å²) in [6, 6.07) is 1.14. The molecular weight excluding hydrogens is 216 g/mol. The molecule has 0 aromatic carbocycles. The van der Waals surface area contributed by atoms with Gasteiger partial charge in [-0.1, -0.05) is 25.7 Å². The number of nitrogens with one attached hydrogen (secondary N) is 1. The van der Waals surface area contributed by atoms with Crippen LogP contribution in [-0.2, 0) is 4.79 Å². The number of carboxylic acid groups (broad SMARTS) is 1. The number of nitrogens with zero attached hydrogens (tertiary/aromatic N) is 1. The minimum atomic E-state index is -0.752. The van der Waals surface area contributed by atoms with E-state index in [0.29, 0.717) is 6.04 Å². The zero-order valence-electron chi connectivity index (χ0n) is 10.5. The number of rotatable bonds is 4. The number of aliphatic carboxylic acids is 1. The lowest BCUT2D eigenvalue weighted by Crippen LogP contribution is -2.39. The fraction of sp³-hybridized carbons (Fsp3) is 0.923. The second-order valence-corrected chi connectivity index (χ2v) is 5.40. The summed E-state index contributed by atoms with van der Waals surface area (Å²) in [7, 11) is 0. The van der Waals surface area contributed by atoms with Gasteiger partial charge in [-0.25, -0.2) is 0 Å². The Bertz CT molecular complexity index is 250. The van der Waals surface area contributed by atoms with Gasteiger partial charge in [-0.15, -0.1) is 0 Å². The first-order chi connectivity index (χ1) is 8.25. The highest BCUT2D eigenvalue weighted by Gasteiger charge is 2.28. The molecule has 2 N–H and O–H groups in total. The van der Waals surface area contributed by atoms with Crippen LogP contribution in [0.4, 0.5) is 0 Å². The first-order valence-electron chi connectivity index (χ1n) is 6.95. The van der Waals surface area contributed by atoms with Crippen LogP contribution >= 0.6 is 0 Å². The lowest BCUT2D eigenvalue weighted by Gasteiger charge is -2.26. The number of hydrogen-bond donors (Lipinski definition) is 2. The van der Waals surface area contributed by atoms with Gasteiger partial charge in [0.15, 0.2) is 0 Å². The topological polar surface area (TPSA) is 52.6 Å². The van der Waals surface area contributed by atoms with Gasteiger partial charge in [0.1, 0.15) is 0 Å².